The van der Waals surface area contributed by atoms with Crippen molar-refractivity contribution < 1.29 is 28.6 Å². The second-order valence-corrected chi connectivity index (χ2v) is 23.1. The Labute approximate surface area is 468 Å². The molecule has 0 aliphatic heterocycles. The summed E-state index contributed by atoms with van der Waals surface area (Å²) < 4.78 is 16.9. The number of esters is 3. The summed E-state index contributed by atoms with van der Waals surface area (Å²) in [5.41, 5.74) is 0. The molecule has 0 aromatic heterocycles. The highest BCUT2D eigenvalue weighted by atomic mass is 16.6. The maximum absolute atomic E-state index is 12.9. The Morgan fingerprint density at radius 3 is 0.693 bits per heavy atom. The Balaban J connectivity index is 4.15. The lowest BCUT2D eigenvalue weighted by Crippen LogP contribution is -2.30. The monoisotopic (exact) mass is 1050 g/mol. The molecule has 1 atom stereocenters. The van der Waals surface area contributed by atoms with Crippen molar-refractivity contribution in [3.8, 4) is 0 Å². The smallest absolute Gasteiger partial charge is 0.306 e. The van der Waals surface area contributed by atoms with Gasteiger partial charge in [-0.15, -0.1) is 0 Å². The van der Waals surface area contributed by atoms with Crippen molar-refractivity contribution in [2.45, 2.75) is 386 Å². The molecule has 0 radical (unpaired) electrons. The highest BCUT2D eigenvalue weighted by Crippen LogP contribution is 2.18. The molecular weight excluding hydrogens is 925 g/mol. The standard InChI is InChI=1S/C69H130O6/c1-4-7-10-13-16-19-22-25-27-29-30-31-32-33-34-35-36-37-38-39-41-42-44-47-50-53-56-59-62-68(71)74-65-66(64-73-67(70)61-58-55-52-49-46-24-21-18-15-12-9-6-3)75-69(72)63-60-57-54-51-48-45-43-40-28-26-23-20-17-14-11-8-5-2/h18,21,26,28,66H,4-17,19-20,22-25,27,29-65H2,1-3H3/b21-18-,28-26-. The van der Waals surface area contributed by atoms with E-state index in [9.17, 15) is 14.4 Å². The third kappa shape index (κ3) is 62.6. The third-order valence-electron chi connectivity index (χ3n) is 15.4. The van der Waals surface area contributed by atoms with Gasteiger partial charge in [-0.3, -0.25) is 14.4 Å². The topological polar surface area (TPSA) is 78.9 Å². The van der Waals surface area contributed by atoms with Crippen molar-refractivity contribution in [3.05, 3.63) is 24.3 Å². The van der Waals surface area contributed by atoms with E-state index in [1.54, 1.807) is 0 Å². The quantitative estimate of drug-likeness (QED) is 0.0261. The summed E-state index contributed by atoms with van der Waals surface area (Å²) in [7, 11) is 0. The van der Waals surface area contributed by atoms with Crippen LogP contribution in [0.5, 0.6) is 0 Å². The van der Waals surface area contributed by atoms with E-state index in [0.29, 0.717) is 19.3 Å². The van der Waals surface area contributed by atoms with Gasteiger partial charge < -0.3 is 14.2 Å². The lowest BCUT2D eigenvalue weighted by molar-refractivity contribution is -0.167. The maximum Gasteiger partial charge on any atom is 0.306 e. The number of hydrogen-bond acceptors (Lipinski definition) is 6. The van der Waals surface area contributed by atoms with Gasteiger partial charge in [-0.1, -0.05) is 315 Å². The summed E-state index contributed by atoms with van der Waals surface area (Å²) in [6, 6.07) is 0. The highest BCUT2D eigenvalue weighted by molar-refractivity contribution is 5.71. The molecule has 0 saturated heterocycles. The predicted molar refractivity (Wildman–Crippen MR) is 326 cm³/mol. The van der Waals surface area contributed by atoms with Crippen LogP contribution in [0.3, 0.4) is 0 Å². The zero-order valence-electron chi connectivity index (χ0n) is 50.8. The van der Waals surface area contributed by atoms with Crippen molar-refractivity contribution >= 4 is 17.9 Å². The Kier molecular flexibility index (Phi) is 62.6. The van der Waals surface area contributed by atoms with E-state index in [-0.39, 0.29) is 31.1 Å². The molecule has 0 amide bonds. The maximum atomic E-state index is 12.9. The molecule has 75 heavy (non-hydrogen) atoms. The van der Waals surface area contributed by atoms with Gasteiger partial charge in [-0.25, -0.2) is 0 Å². The van der Waals surface area contributed by atoms with Crippen molar-refractivity contribution in [3.63, 3.8) is 0 Å². The molecule has 1 unspecified atom stereocenters. The number of rotatable bonds is 63. The number of ether oxygens (including phenoxy) is 3. The molecule has 0 aliphatic rings. The van der Waals surface area contributed by atoms with Gasteiger partial charge in [0.2, 0.25) is 0 Å². The van der Waals surface area contributed by atoms with Gasteiger partial charge in [0.15, 0.2) is 6.10 Å². The number of unbranched alkanes of at least 4 members (excludes halogenated alkanes) is 48. The average molecular weight is 1060 g/mol. The van der Waals surface area contributed by atoms with Crippen LogP contribution >= 0.6 is 0 Å². The van der Waals surface area contributed by atoms with Crippen molar-refractivity contribution in [1.82, 2.24) is 0 Å². The summed E-state index contributed by atoms with van der Waals surface area (Å²) in [5.74, 6) is -0.859. The largest absolute Gasteiger partial charge is 0.462 e. The molecule has 0 aromatic rings. The normalized spacial score (nSPS) is 12.1. The van der Waals surface area contributed by atoms with Crippen LogP contribution in [0.25, 0.3) is 0 Å². The van der Waals surface area contributed by atoms with Gasteiger partial charge in [-0.05, 0) is 70.6 Å². The van der Waals surface area contributed by atoms with Crippen LogP contribution in [0.1, 0.15) is 380 Å². The van der Waals surface area contributed by atoms with E-state index < -0.39 is 6.10 Å². The number of carbonyl (C=O) groups is 3. The van der Waals surface area contributed by atoms with Gasteiger partial charge >= 0.3 is 17.9 Å². The van der Waals surface area contributed by atoms with Crippen LogP contribution in [0, 0.1) is 0 Å². The molecule has 0 aliphatic carbocycles. The van der Waals surface area contributed by atoms with Gasteiger partial charge in [0.1, 0.15) is 13.2 Å². The zero-order valence-corrected chi connectivity index (χ0v) is 50.8. The molecular formula is C69H130O6. The number of allylic oxidation sites excluding steroid dienone is 4. The Morgan fingerprint density at radius 2 is 0.440 bits per heavy atom. The SMILES string of the molecule is CCCCC/C=C\CCCCCCCC(=O)OCC(COC(=O)CCCCCCCCCCCCCCCCCCCCCCCCCCCCCC)OC(=O)CCCCCCCCC/C=C\CCCCCCCC. The van der Waals surface area contributed by atoms with E-state index in [0.717, 1.165) is 64.2 Å². The Morgan fingerprint density at radius 1 is 0.253 bits per heavy atom. The molecule has 0 aromatic carbocycles. The fraction of sp³-hybridized carbons (Fsp3) is 0.899. The molecule has 0 spiro atoms. The first kappa shape index (κ1) is 72.9. The molecule has 0 rings (SSSR count). The van der Waals surface area contributed by atoms with Gasteiger partial charge in [-0.2, -0.15) is 0 Å². The minimum absolute atomic E-state index is 0.0708. The van der Waals surface area contributed by atoms with E-state index in [1.165, 1.54) is 276 Å². The summed E-state index contributed by atoms with van der Waals surface area (Å²) in [6.45, 7) is 6.67. The van der Waals surface area contributed by atoms with E-state index >= 15 is 0 Å². The lowest BCUT2D eigenvalue weighted by atomic mass is 10.0. The first-order chi connectivity index (χ1) is 37.0. The summed E-state index contributed by atoms with van der Waals surface area (Å²) in [6.07, 6.45) is 77.8. The second kappa shape index (κ2) is 64.4. The van der Waals surface area contributed by atoms with Crippen LogP contribution in [0.4, 0.5) is 0 Å². The van der Waals surface area contributed by atoms with Gasteiger partial charge in [0, 0.05) is 19.3 Å². The van der Waals surface area contributed by atoms with Crippen LogP contribution in [0.15, 0.2) is 24.3 Å². The van der Waals surface area contributed by atoms with Crippen molar-refractivity contribution in [2.24, 2.45) is 0 Å². The lowest BCUT2D eigenvalue weighted by Gasteiger charge is -2.18. The summed E-state index contributed by atoms with van der Waals surface area (Å²) >= 11 is 0. The molecule has 6 nitrogen and oxygen atoms in total. The average Bonchev–Trinajstić information content (AvgIpc) is 3.41. The van der Waals surface area contributed by atoms with Crippen molar-refractivity contribution in [2.75, 3.05) is 13.2 Å². The van der Waals surface area contributed by atoms with Crippen LogP contribution in [0.2, 0.25) is 0 Å². The first-order valence-electron chi connectivity index (χ1n) is 33.8. The highest BCUT2D eigenvalue weighted by Gasteiger charge is 2.19. The zero-order chi connectivity index (χ0) is 54.3. The minimum Gasteiger partial charge on any atom is -0.462 e. The van der Waals surface area contributed by atoms with Crippen LogP contribution in [-0.2, 0) is 28.6 Å². The van der Waals surface area contributed by atoms with Gasteiger partial charge in [0.05, 0.1) is 0 Å². The Hall–Kier alpha value is -2.11. The second-order valence-electron chi connectivity index (χ2n) is 23.1. The first-order valence-corrected chi connectivity index (χ1v) is 33.8. The molecule has 0 fully saturated rings. The van der Waals surface area contributed by atoms with Crippen molar-refractivity contribution in [1.29, 1.82) is 0 Å². The predicted octanol–water partition coefficient (Wildman–Crippen LogP) is 23.0. The van der Waals surface area contributed by atoms with E-state index in [4.69, 9.17) is 14.2 Å². The van der Waals surface area contributed by atoms with E-state index in [1.807, 2.05) is 0 Å². The van der Waals surface area contributed by atoms with Crippen LogP contribution in [-0.4, -0.2) is 37.2 Å². The minimum atomic E-state index is -0.774. The molecule has 0 saturated carbocycles. The molecule has 442 valence electrons. The third-order valence-corrected chi connectivity index (χ3v) is 15.4. The summed E-state index contributed by atoms with van der Waals surface area (Å²) in [4.78, 5) is 38.3. The van der Waals surface area contributed by atoms with E-state index in [2.05, 4.69) is 45.1 Å². The Bertz CT molecular complexity index is 1210. The molecule has 6 heteroatoms. The van der Waals surface area contributed by atoms with Crippen LogP contribution < -0.4 is 0 Å². The summed E-state index contributed by atoms with van der Waals surface area (Å²) in [5, 5.41) is 0. The van der Waals surface area contributed by atoms with Gasteiger partial charge in [0.25, 0.3) is 0 Å². The fourth-order valence-electron chi connectivity index (χ4n) is 10.3. The molecule has 0 N–H and O–H groups in total. The molecule has 0 heterocycles. The number of hydrogen-bond donors (Lipinski definition) is 0. The fourth-order valence-corrected chi connectivity index (χ4v) is 10.3. The molecule has 0 bridgehead atoms. The number of carbonyl (C=O) groups excluding carboxylic acids is 3.